The number of Topliss-reactive ketones (excluding diaryl/α,β-unsaturated/α-hetero) is 1. The second kappa shape index (κ2) is 7.36. The van der Waals surface area contributed by atoms with Crippen LogP contribution in [0.4, 0.5) is 0 Å². The van der Waals surface area contributed by atoms with Crippen molar-refractivity contribution in [2.24, 2.45) is 0 Å². The fourth-order valence-electron chi connectivity index (χ4n) is 3.26. The summed E-state index contributed by atoms with van der Waals surface area (Å²) in [7, 11) is 0. The van der Waals surface area contributed by atoms with Crippen LogP contribution in [0.15, 0.2) is 85.3 Å². The van der Waals surface area contributed by atoms with E-state index in [1.54, 1.807) is 0 Å². The first kappa shape index (κ1) is 16.3. The van der Waals surface area contributed by atoms with Gasteiger partial charge in [0.25, 0.3) is 0 Å². The number of aromatic nitrogens is 2. The lowest BCUT2D eigenvalue weighted by molar-refractivity contribution is -0.683. The van der Waals surface area contributed by atoms with Gasteiger partial charge < -0.3 is 4.98 Å². The van der Waals surface area contributed by atoms with Crippen LogP contribution in [0.25, 0.3) is 10.9 Å². The highest BCUT2D eigenvalue weighted by Crippen LogP contribution is 2.19. The molecule has 4 rings (SSSR count). The van der Waals surface area contributed by atoms with Crippen LogP contribution >= 0.6 is 0 Å². The van der Waals surface area contributed by atoms with Crippen LogP contribution < -0.4 is 4.57 Å². The summed E-state index contributed by atoms with van der Waals surface area (Å²) < 4.78 is 1.94. The van der Waals surface area contributed by atoms with E-state index < -0.39 is 0 Å². The number of aryl methyl sites for hydroxylation is 2. The lowest BCUT2D eigenvalue weighted by Crippen LogP contribution is -2.37. The van der Waals surface area contributed by atoms with Gasteiger partial charge in [-0.2, -0.15) is 4.57 Å². The predicted molar refractivity (Wildman–Crippen MR) is 103 cm³/mol. The van der Waals surface area contributed by atoms with E-state index in [4.69, 9.17) is 0 Å². The number of hydrogen-bond donors (Lipinski definition) is 1. The molecule has 0 spiro atoms. The summed E-state index contributed by atoms with van der Waals surface area (Å²) >= 11 is 0. The zero-order chi connectivity index (χ0) is 17.8. The number of nitrogens with zero attached hydrogens (tertiary/aromatic N) is 1. The van der Waals surface area contributed by atoms with Gasteiger partial charge in [-0.15, -0.1) is 0 Å². The number of rotatable bonds is 6. The Kier molecular flexibility index (Phi) is 4.61. The zero-order valence-electron chi connectivity index (χ0n) is 14.6. The van der Waals surface area contributed by atoms with E-state index in [1.807, 2.05) is 47.3 Å². The third-order valence-electron chi connectivity index (χ3n) is 4.74. The molecule has 2 aromatic carbocycles. The highest BCUT2D eigenvalue weighted by molar-refractivity contribution is 5.94. The molecule has 0 amide bonds. The maximum absolute atomic E-state index is 12.3. The van der Waals surface area contributed by atoms with Crippen LogP contribution in [-0.2, 0) is 19.4 Å². The molecule has 0 saturated heterocycles. The van der Waals surface area contributed by atoms with Crippen LogP contribution in [0.2, 0.25) is 0 Å². The monoisotopic (exact) mass is 341 g/mol. The van der Waals surface area contributed by atoms with Crippen LogP contribution in [0.3, 0.4) is 0 Å². The van der Waals surface area contributed by atoms with E-state index >= 15 is 0 Å². The Morgan fingerprint density at radius 2 is 1.58 bits per heavy atom. The summed E-state index contributed by atoms with van der Waals surface area (Å²) in [6.45, 7) is 0.368. The Morgan fingerprint density at radius 1 is 0.846 bits per heavy atom. The highest BCUT2D eigenvalue weighted by Gasteiger charge is 2.11. The summed E-state index contributed by atoms with van der Waals surface area (Å²) in [4.78, 5) is 15.6. The molecule has 0 atom stereocenters. The molecule has 128 valence electrons. The van der Waals surface area contributed by atoms with Gasteiger partial charge in [0.15, 0.2) is 12.4 Å². The molecule has 3 heteroatoms. The van der Waals surface area contributed by atoms with E-state index in [2.05, 4.69) is 47.6 Å². The SMILES string of the molecule is O=C(C[n+]1ccc(CCc2c[nH]c3ccccc23)cc1)c1ccccc1. The third-order valence-corrected chi connectivity index (χ3v) is 4.74. The number of pyridine rings is 1. The molecule has 0 saturated carbocycles. The zero-order valence-corrected chi connectivity index (χ0v) is 14.6. The largest absolute Gasteiger partial charge is 0.361 e. The minimum atomic E-state index is 0.127. The van der Waals surface area contributed by atoms with Gasteiger partial charge >= 0.3 is 0 Å². The molecule has 2 heterocycles. The van der Waals surface area contributed by atoms with Crippen LogP contribution in [0, 0.1) is 0 Å². The number of carbonyl (C=O) groups is 1. The van der Waals surface area contributed by atoms with Crippen LogP contribution in [0.5, 0.6) is 0 Å². The molecule has 0 radical (unpaired) electrons. The van der Waals surface area contributed by atoms with Crippen molar-refractivity contribution in [3.63, 3.8) is 0 Å². The van der Waals surface area contributed by atoms with Gasteiger partial charge in [-0.25, -0.2) is 0 Å². The summed E-state index contributed by atoms with van der Waals surface area (Å²) in [5.41, 5.74) is 4.56. The number of H-pyrrole nitrogens is 1. The maximum atomic E-state index is 12.3. The molecule has 2 aromatic heterocycles. The van der Waals surface area contributed by atoms with Crippen molar-refractivity contribution in [1.29, 1.82) is 0 Å². The number of carbonyl (C=O) groups excluding carboxylic acids is 1. The molecular weight excluding hydrogens is 320 g/mol. The lowest BCUT2D eigenvalue weighted by atomic mass is 10.0. The molecular formula is C23H21N2O+. The van der Waals surface area contributed by atoms with Crippen molar-refractivity contribution in [2.45, 2.75) is 19.4 Å². The normalized spacial score (nSPS) is 10.9. The van der Waals surface area contributed by atoms with E-state index in [9.17, 15) is 4.79 Å². The van der Waals surface area contributed by atoms with Gasteiger partial charge in [-0.05, 0) is 30.0 Å². The first-order chi connectivity index (χ1) is 12.8. The topological polar surface area (TPSA) is 36.7 Å². The summed E-state index contributed by atoms with van der Waals surface area (Å²) in [6, 6.07) is 22.0. The van der Waals surface area contributed by atoms with E-state index in [1.165, 1.54) is 22.0 Å². The lowest BCUT2D eigenvalue weighted by Gasteiger charge is -2.02. The summed E-state index contributed by atoms with van der Waals surface area (Å²) in [6.07, 6.45) is 8.06. The Bertz CT molecular complexity index is 1020. The van der Waals surface area contributed by atoms with Crippen molar-refractivity contribution >= 4 is 16.7 Å². The van der Waals surface area contributed by atoms with Gasteiger partial charge in [0.2, 0.25) is 12.3 Å². The fraction of sp³-hybridized carbons (Fsp3) is 0.130. The minimum Gasteiger partial charge on any atom is -0.361 e. The molecule has 0 unspecified atom stereocenters. The standard InChI is InChI=1S/C23H21N2O/c26-23(19-6-2-1-3-7-19)17-25-14-12-18(13-15-25)10-11-20-16-24-22-9-5-4-8-21(20)22/h1-9,12-16,24H,10-11,17H2/q+1. The summed E-state index contributed by atoms with van der Waals surface area (Å²) in [5, 5.41) is 1.30. The second-order valence-corrected chi connectivity index (χ2v) is 6.53. The molecule has 0 aliphatic carbocycles. The van der Waals surface area contributed by atoms with E-state index in [-0.39, 0.29) is 5.78 Å². The minimum absolute atomic E-state index is 0.127. The molecule has 3 nitrogen and oxygen atoms in total. The number of ketones is 1. The quantitative estimate of drug-likeness (QED) is 0.416. The Hall–Kier alpha value is -3.20. The molecule has 0 bridgehead atoms. The van der Waals surface area contributed by atoms with Gasteiger partial charge in [-0.3, -0.25) is 4.79 Å². The van der Waals surface area contributed by atoms with Crippen molar-refractivity contribution in [1.82, 2.24) is 4.98 Å². The molecule has 0 aliphatic rings. The number of nitrogens with one attached hydrogen (secondary N) is 1. The van der Waals surface area contributed by atoms with E-state index in [0.717, 1.165) is 18.4 Å². The van der Waals surface area contributed by atoms with Gasteiger partial charge in [-0.1, -0.05) is 48.5 Å². The fourth-order valence-corrected chi connectivity index (χ4v) is 3.26. The first-order valence-corrected chi connectivity index (χ1v) is 8.91. The van der Waals surface area contributed by atoms with Gasteiger partial charge in [0.05, 0.1) is 0 Å². The van der Waals surface area contributed by atoms with E-state index in [0.29, 0.717) is 6.54 Å². The third kappa shape index (κ3) is 3.57. The predicted octanol–water partition coefficient (Wildman–Crippen LogP) is 4.12. The number of benzene rings is 2. The first-order valence-electron chi connectivity index (χ1n) is 8.91. The number of para-hydroxylation sites is 1. The Morgan fingerprint density at radius 3 is 2.38 bits per heavy atom. The average Bonchev–Trinajstić information content (AvgIpc) is 3.11. The smallest absolute Gasteiger partial charge is 0.227 e. The van der Waals surface area contributed by atoms with Crippen molar-refractivity contribution < 1.29 is 9.36 Å². The molecule has 4 aromatic rings. The second-order valence-electron chi connectivity index (χ2n) is 6.53. The molecule has 1 N–H and O–H groups in total. The molecule has 26 heavy (non-hydrogen) atoms. The number of fused-ring (bicyclic) bond motifs is 1. The van der Waals surface area contributed by atoms with Gasteiger partial charge in [0.1, 0.15) is 0 Å². The van der Waals surface area contributed by atoms with Crippen LogP contribution in [-0.4, -0.2) is 10.8 Å². The number of aromatic amines is 1. The van der Waals surface area contributed by atoms with Crippen LogP contribution in [0.1, 0.15) is 21.5 Å². The summed E-state index contributed by atoms with van der Waals surface area (Å²) in [5.74, 6) is 0.127. The Balaban J connectivity index is 1.39. The Labute approximate surface area is 152 Å². The van der Waals surface area contributed by atoms with Crippen molar-refractivity contribution in [2.75, 3.05) is 0 Å². The molecule has 0 aliphatic heterocycles. The van der Waals surface area contributed by atoms with Crippen molar-refractivity contribution in [3.05, 3.63) is 102 Å². The molecule has 0 fully saturated rings. The van der Waals surface area contributed by atoms with Gasteiger partial charge in [0, 0.05) is 34.8 Å². The average molecular weight is 341 g/mol. The maximum Gasteiger partial charge on any atom is 0.227 e. The van der Waals surface area contributed by atoms with Crippen molar-refractivity contribution in [3.8, 4) is 0 Å². The number of hydrogen-bond acceptors (Lipinski definition) is 1. The highest BCUT2D eigenvalue weighted by atomic mass is 16.1.